The molecule has 0 aromatic heterocycles. The van der Waals surface area contributed by atoms with Crippen molar-refractivity contribution in [2.45, 2.75) is 57.8 Å². The molecule has 2 rings (SSSR count). The minimum atomic E-state index is -1.79. The molecule has 0 radical (unpaired) electrons. The number of nitrogens with two attached hydrogens (primary N) is 1. The molecular formula is C29H40N6O6. The first kappa shape index (κ1) is 32.8. The number of hydrogen-bond donors (Lipinski definition) is 6. The zero-order valence-corrected chi connectivity index (χ0v) is 24.1. The Morgan fingerprint density at radius 2 is 1.49 bits per heavy atom. The van der Waals surface area contributed by atoms with Crippen molar-refractivity contribution in [1.29, 1.82) is 0 Å². The lowest BCUT2D eigenvalue weighted by Crippen LogP contribution is -2.64. The maximum atomic E-state index is 13.5. The van der Waals surface area contributed by atoms with Crippen molar-refractivity contribution in [3.8, 4) is 5.75 Å². The minimum Gasteiger partial charge on any atom is -0.508 e. The van der Waals surface area contributed by atoms with Gasteiger partial charge in [0.2, 0.25) is 17.7 Å². The van der Waals surface area contributed by atoms with Crippen LogP contribution in [0, 0.1) is 0 Å². The number of rotatable bonds is 14. The van der Waals surface area contributed by atoms with E-state index in [2.05, 4.69) is 21.3 Å². The van der Waals surface area contributed by atoms with Crippen LogP contribution in [0.4, 0.5) is 5.69 Å². The Morgan fingerprint density at radius 3 is 2.07 bits per heavy atom. The summed E-state index contributed by atoms with van der Waals surface area (Å²) in [4.78, 5) is 65.7. The van der Waals surface area contributed by atoms with Gasteiger partial charge in [-0.1, -0.05) is 30.3 Å². The van der Waals surface area contributed by atoms with Crippen LogP contribution in [0.2, 0.25) is 0 Å². The lowest BCUT2D eigenvalue weighted by Gasteiger charge is -2.37. The summed E-state index contributed by atoms with van der Waals surface area (Å²) in [5.41, 5.74) is 5.49. The van der Waals surface area contributed by atoms with E-state index in [1.807, 2.05) is 0 Å². The number of ketones is 1. The highest BCUT2D eigenvalue weighted by atomic mass is 16.3. The van der Waals surface area contributed by atoms with Gasteiger partial charge in [0.1, 0.15) is 11.8 Å². The van der Waals surface area contributed by atoms with E-state index in [0.29, 0.717) is 5.69 Å². The fraction of sp³-hybridized carbons (Fsp3) is 0.414. The smallest absolute Gasteiger partial charge is 0.253 e. The quantitative estimate of drug-likeness (QED) is 0.172. The number of amides is 4. The van der Waals surface area contributed by atoms with E-state index >= 15 is 0 Å². The van der Waals surface area contributed by atoms with Gasteiger partial charge in [-0.05, 0) is 63.9 Å². The summed E-state index contributed by atoms with van der Waals surface area (Å²) < 4.78 is 0. The standard InChI is InChI=1S/C29H40N6O6/c1-18(2)33-25(38)17-32-28(41)29(4,35(5)21-9-7-6-8-10-21)24(37)16-31-26(39)19(3)34-27(40)23(30)15-20-11-13-22(36)14-12-20/h6-14,18-19,23,36H,15-17,30H2,1-5H3,(H,31,39)(H,32,41)(H,33,38)(H,34,40)/t19-,23+,29-/m1/s1. The topological polar surface area (TPSA) is 183 Å². The summed E-state index contributed by atoms with van der Waals surface area (Å²) in [6, 6.07) is 12.9. The molecule has 0 unspecified atom stereocenters. The first-order valence-corrected chi connectivity index (χ1v) is 13.3. The molecule has 7 N–H and O–H groups in total. The molecule has 0 bridgehead atoms. The second kappa shape index (κ2) is 14.8. The molecule has 3 atom stereocenters. The van der Waals surface area contributed by atoms with Crippen molar-refractivity contribution in [3.63, 3.8) is 0 Å². The van der Waals surface area contributed by atoms with Crippen molar-refractivity contribution in [2.24, 2.45) is 5.73 Å². The lowest BCUT2D eigenvalue weighted by atomic mass is 9.92. The predicted octanol–water partition coefficient (Wildman–Crippen LogP) is -0.0121. The highest BCUT2D eigenvalue weighted by Gasteiger charge is 2.45. The van der Waals surface area contributed by atoms with E-state index in [-0.39, 0.29) is 24.8 Å². The number of carbonyl (C=O) groups excluding carboxylic acids is 5. The van der Waals surface area contributed by atoms with Crippen molar-refractivity contribution in [3.05, 3.63) is 60.2 Å². The first-order chi connectivity index (χ1) is 19.2. The average Bonchev–Trinajstić information content (AvgIpc) is 2.94. The Morgan fingerprint density at radius 1 is 0.878 bits per heavy atom. The summed E-state index contributed by atoms with van der Waals surface area (Å²) in [5, 5.41) is 19.6. The number of Topliss-reactive ketones (excluding diaryl/α,β-unsaturated/α-hetero) is 1. The number of nitrogens with zero attached hydrogens (tertiary/aromatic N) is 1. The van der Waals surface area contributed by atoms with Gasteiger partial charge in [-0.25, -0.2) is 0 Å². The maximum Gasteiger partial charge on any atom is 0.253 e. The molecule has 41 heavy (non-hydrogen) atoms. The first-order valence-electron chi connectivity index (χ1n) is 13.3. The van der Waals surface area contributed by atoms with E-state index in [1.54, 1.807) is 63.4 Å². The van der Waals surface area contributed by atoms with Crippen LogP contribution in [0.1, 0.15) is 33.3 Å². The predicted molar refractivity (Wildman–Crippen MR) is 155 cm³/mol. The fourth-order valence-electron chi connectivity index (χ4n) is 3.94. The Balaban J connectivity index is 2.06. The van der Waals surface area contributed by atoms with Gasteiger partial charge >= 0.3 is 0 Å². The summed E-state index contributed by atoms with van der Waals surface area (Å²) in [5.74, 6) is -2.89. The van der Waals surface area contributed by atoms with Gasteiger partial charge in [-0.2, -0.15) is 0 Å². The van der Waals surface area contributed by atoms with E-state index in [0.717, 1.165) is 5.56 Å². The second-order valence-corrected chi connectivity index (χ2v) is 10.2. The molecule has 2 aromatic carbocycles. The summed E-state index contributed by atoms with van der Waals surface area (Å²) in [6.45, 7) is 5.58. The van der Waals surface area contributed by atoms with Gasteiger partial charge in [0.25, 0.3) is 5.91 Å². The van der Waals surface area contributed by atoms with Crippen molar-refractivity contribution < 1.29 is 29.1 Å². The number of aromatic hydroxyl groups is 1. The zero-order valence-electron chi connectivity index (χ0n) is 24.1. The molecule has 0 spiro atoms. The Bertz CT molecular complexity index is 1220. The number of likely N-dealkylation sites (N-methyl/N-ethyl adjacent to an activating group) is 1. The summed E-state index contributed by atoms with van der Waals surface area (Å²) in [6.07, 6.45) is 0.188. The molecule has 2 aromatic rings. The van der Waals surface area contributed by atoms with Crippen LogP contribution in [0.25, 0.3) is 0 Å². The van der Waals surface area contributed by atoms with Gasteiger partial charge in [0.05, 0.1) is 19.1 Å². The highest BCUT2D eigenvalue weighted by molar-refractivity contribution is 6.15. The average molecular weight is 569 g/mol. The molecule has 0 aliphatic heterocycles. The number of benzene rings is 2. The van der Waals surface area contributed by atoms with E-state index in [1.165, 1.54) is 30.9 Å². The molecule has 0 aliphatic carbocycles. The molecule has 222 valence electrons. The van der Waals surface area contributed by atoms with E-state index in [9.17, 15) is 29.1 Å². The Labute approximate surface area is 240 Å². The van der Waals surface area contributed by atoms with Gasteiger partial charge in [-0.3, -0.25) is 24.0 Å². The number of anilines is 1. The van der Waals surface area contributed by atoms with Crippen LogP contribution in [0.3, 0.4) is 0 Å². The third-order valence-electron chi connectivity index (χ3n) is 6.56. The van der Waals surface area contributed by atoms with Crippen LogP contribution in [-0.2, 0) is 30.4 Å². The van der Waals surface area contributed by atoms with Crippen molar-refractivity contribution in [2.75, 3.05) is 25.0 Å². The number of nitrogens with one attached hydrogen (secondary N) is 4. The molecule has 0 saturated carbocycles. The van der Waals surface area contributed by atoms with Gasteiger partial charge in [0, 0.05) is 18.8 Å². The van der Waals surface area contributed by atoms with Crippen molar-refractivity contribution >= 4 is 35.1 Å². The third-order valence-corrected chi connectivity index (χ3v) is 6.56. The molecule has 0 aliphatic rings. The summed E-state index contributed by atoms with van der Waals surface area (Å²) in [7, 11) is 1.57. The minimum absolute atomic E-state index is 0.0896. The second-order valence-electron chi connectivity index (χ2n) is 10.2. The number of para-hydroxylation sites is 1. The normalized spacial score (nSPS) is 13.7. The molecule has 0 heterocycles. The van der Waals surface area contributed by atoms with Crippen LogP contribution in [-0.4, -0.2) is 78.3 Å². The molecule has 0 saturated heterocycles. The van der Waals surface area contributed by atoms with Crippen LogP contribution in [0.15, 0.2) is 54.6 Å². The van der Waals surface area contributed by atoms with Gasteiger partial charge in [0.15, 0.2) is 11.3 Å². The van der Waals surface area contributed by atoms with Crippen LogP contribution < -0.4 is 31.9 Å². The zero-order chi connectivity index (χ0) is 30.7. The largest absolute Gasteiger partial charge is 0.508 e. The Kier molecular flexibility index (Phi) is 11.8. The third kappa shape index (κ3) is 9.31. The Hall–Kier alpha value is -4.45. The molecular weight excluding hydrogens is 528 g/mol. The van der Waals surface area contributed by atoms with Gasteiger partial charge in [-0.15, -0.1) is 0 Å². The molecule has 12 nitrogen and oxygen atoms in total. The fourth-order valence-corrected chi connectivity index (χ4v) is 3.94. The molecule has 4 amide bonds. The molecule has 0 fully saturated rings. The number of hydrogen-bond acceptors (Lipinski definition) is 8. The summed E-state index contributed by atoms with van der Waals surface area (Å²) >= 11 is 0. The number of phenolic OH excluding ortho intramolecular Hbond substituents is 1. The maximum absolute atomic E-state index is 13.5. The highest BCUT2D eigenvalue weighted by Crippen LogP contribution is 2.23. The SMILES string of the molecule is CC(C)NC(=O)CNC(=O)[C@@](C)(C(=O)CNC(=O)[C@@H](C)NC(=O)[C@@H](N)Cc1ccc(O)cc1)N(C)c1ccccc1. The van der Waals surface area contributed by atoms with Crippen molar-refractivity contribution in [1.82, 2.24) is 21.3 Å². The number of carbonyl (C=O) groups is 5. The lowest BCUT2D eigenvalue weighted by molar-refractivity contribution is -0.137. The number of phenols is 1. The monoisotopic (exact) mass is 568 g/mol. The van der Waals surface area contributed by atoms with E-state index in [4.69, 9.17) is 5.73 Å². The molecule has 12 heteroatoms. The van der Waals surface area contributed by atoms with Gasteiger partial charge < -0.3 is 37.0 Å². The van der Waals surface area contributed by atoms with E-state index < -0.39 is 53.6 Å². The van der Waals surface area contributed by atoms with Crippen LogP contribution in [0.5, 0.6) is 5.75 Å². The van der Waals surface area contributed by atoms with Crippen LogP contribution >= 0.6 is 0 Å².